The average molecular weight is 426 g/mol. The molecule has 0 aromatic heterocycles. The molecule has 1 aliphatic heterocycles. The molecule has 4 atom stereocenters. The van der Waals surface area contributed by atoms with Gasteiger partial charge in [-0.25, -0.2) is 0 Å². The van der Waals surface area contributed by atoms with Crippen LogP contribution in [-0.4, -0.2) is 59.6 Å². The normalized spacial score (nSPS) is 27.7. The maximum atomic E-state index is 12.6. The second-order valence-electron chi connectivity index (χ2n) is 7.80. The molecule has 1 fully saturated rings. The van der Waals surface area contributed by atoms with Gasteiger partial charge in [-0.3, -0.25) is 19.2 Å². The number of esters is 1. The zero-order chi connectivity index (χ0) is 22.7. The lowest BCUT2D eigenvalue weighted by Crippen LogP contribution is -2.55. The van der Waals surface area contributed by atoms with Gasteiger partial charge in [0.2, 0.25) is 17.7 Å². The molecule has 9 heteroatoms. The fourth-order valence-corrected chi connectivity index (χ4v) is 3.08. The van der Waals surface area contributed by atoms with Crippen molar-refractivity contribution in [3.05, 3.63) is 12.2 Å². The summed E-state index contributed by atoms with van der Waals surface area (Å²) in [4.78, 5) is 49.3. The number of rotatable bonds is 5. The zero-order valence-electron chi connectivity index (χ0n) is 18.3. The van der Waals surface area contributed by atoms with E-state index in [2.05, 4.69) is 16.0 Å². The third kappa shape index (κ3) is 8.94. The van der Waals surface area contributed by atoms with Crippen LogP contribution in [0.3, 0.4) is 0 Å². The number of carbonyl (C=O) groups excluding carboxylic acids is 4. The topological polar surface area (TPSA) is 134 Å². The molecule has 0 aromatic carbocycles. The molecule has 1 rings (SSSR count). The summed E-state index contributed by atoms with van der Waals surface area (Å²) < 4.78 is 5.38. The predicted octanol–water partition coefficient (Wildman–Crippen LogP) is 0.561. The van der Waals surface area contributed by atoms with E-state index in [1.807, 2.05) is 26.8 Å². The molecule has 3 amide bonds. The third-order valence-electron chi connectivity index (χ3n) is 4.80. The number of ether oxygens (including phenoxy) is 1. The van der Waals surface area contributed by atoms with Crippen molar-refractivity contribution in [2.24, 2.45) is 5.92 Å². The van der Waals surface area contributed by atoms with E-state index in [0.29, 0.717) is 6.42 Å². The van der Waals surface area contributed by atoms with E-state index in [9.17, 15) is 24.3 Å². The van der Waals surface area contributed by atoms with Gasteiger partial charge in [0.25, 0.3) is 0 Å². The second kappa shape index (κ2) is 13.0. The first-order valence-electron chi connectivity index (χ1n) is 10.6. The zero-order valence-corrected chi connectivity index (χ0v) is 18.3. The molecule has 1 aliphatic rings. The van der Waals surface area contributed by atoms with Crippen molar-refractivity contribution in [2.45, 2.75) is 84.1 Å². The van der Waals surface area contributed by atoms with Crippen LogP contribution in [0.2, 0.25) is 0 Å². The summed E-state index contributed by atoms with van der Waals surface area (Å²) in [5.41, 5.74) is 0. The molecule has 1 heterocycles. The summed E-state index contributed by atoms with van der Waals surface area (Å²) in [5.74, 6) is -2.26. The lowest BCUT2D eigenvalue weighted by molar-refractivity contribution is -0.151. The number of nitrogens with one attached hydrogen (secondary N) is 3. The van der Waals surface area contributed by atoms with Crippen LogP contribution in [0.15, 0.2) is 12.2 Å². The van der Waals surface area contributed by atoms with Gasteiger partial charge < -0.3 is 25.8 Å². The minimum atomic E-state index is -1.17. The van der Waals surface area contributed by atoms with Gasteiger partial charge in [-0.05, 0) is 24.8 Å². The molecule has 0 bridgehead atoms. The monoisotopic (exact) mass is 425 g/mol. The molecule has 0 unspecified atom stereocenters. The molecule has 0 aliphatic carbocycles. The average Bonchev–Trinajstić information content (AvgIpc) is 2.67. The van der Waals surface area contributed by atoms with Crippen LogP contribution in [0.25, 0.3) is 0 Å². The maximum Gasteiger partial charge on any atom is 0.309 e. The van der Waals surface area contributed by atoms with Gasteiger partial charge >= 0.3 is 5.97 Å². The van der Waals surface area contributed by atoms with Crippen LogP contribution in [0.5, 0.6) is 0 Å². The number of cyclic esters (lactones) is 1. The Kier molecular flexibility index (Phi) is 11.1. The van der Waals surface area contributed by atoms with Crippen molar-refractivity contribution in [1.29, 1.82) is 0 Å². The van der Waals surface area contributed by atoms with E-state index in [0.717, 1.165) is 12.8 Å². The van der Waals surface area contributed by atoms with Gasteiger partial charge in [-0.15, -0.1) is 0 Å². The van der Waals surface area contributed by atoms with Crippen molar-refractivity contribution >= 4 is 23.7 Å². The Labute approximate surface area is 178 Å². The molecule has 170 valence electrons. The highest BCUT2D eigenvalue weighted by molar-refractivity contribution is 5.90. The molecule has 30 heavy (non-hydrogen) atoms. The van der Waals surface area contributed by atoms with E-state index >= 15 is 0 Å². The summed E-state index contributed by atoms with van der Waals surface area (Å²) in [7, 11) is 0. The standard InChI is InChI=1S/C21H35N3O6/c1-5-7-8-9-14-10-17(26)22-12-18(27)23-15(6-2)21(29)24-20(13(3)4)16(25)11-19(28)30-14/h8-9,13-16,20,25H,5-7,10-12H2,1-4H3,(H,22,26)(H,23,27)(H,24,29)/b9-8+/t14-,15-,16+,20-/m1/s1. The van der Waals surface area contributed by atoms with Crippen LogP contribution in [0.1, 0.15) is 59.8 Å². The minimum Gasteiger partial charge on any atom is -0.457 e. The number of hydrogen-bond acceptors (Lipinski definition) is 6. The van der Waals surface area contributed by atoms with Crippen LogP contribution in [-0.2, 0) is 23.9 Å². The Bertz CT molecular complexity index is 634. The lowest BCUT2D eigenvalue weighted by Gasteiger charge is -2.29. The first kappa shape index (κ1) is 25.6. The van der Waals surface area contributed by atoms with Crippen LogP contribution < -0.4 is 16.0 Å². The van der Waals surface area contributed by atoms with Gasteiger partial charge in [-0.2, -0.15) is 0 Å². The lowest BCUT2D eigenvalue weighted by atomic mass is 9.95. The number of hydrogen-bond donors (Lipinski definition) is 4. The number of unbranched alkanes of at least 4 members (excludes halogenated alkanes) is 1. The van der Waals surface area contributed by atoms with E-state index in [1.165, 1.54) is 0 Å². The molecule has 1 saturated heterocycles. The third-order valence-corrected chi connectivity index (χ3v) is 4.80. The number of carbonyl (C=O) groups is 4. The molecular weight excluding hydrogens is 390 g/mol. The molecule has 0 saturated carbocycles. The highest BCUT2D eigenvalue weighted by Gasteiger charge is 2.31. The Morgan fingerprint density at radius 3 is 2.40 bits per heavy atom. The molecule has 9 nitrogen and oxygen atoms in total. The first-order chi connectivity index (χ1) is 14.2. The fraction of sp³-hybridized carbons (Fsp3) is 0.714. The highest BCUT2D eigenvalue weighted by atomic mass is 16.5. The SMILES string of the molecule is CCC/C=C/[C@@H]1CC(=O)NCC(=O)N[C@H](CC)C(=O)N[C@H](C(C)C)[C@@H](O)CC(=O)O1. The van der Waals surface area contributed by atoms with Crippen molar-refractivity contribution in [3.63, 3.8) is 0 Å². The quantitative estimate of drug-likeness (QED) is 0.376. The van der Waals surface area contributed by atoms with Crippen molar-refractivity contribution in [2.75, 3.05) is 6.54 Å². The molecule has 4 N–H and O–H groups in total. The van der Waals surface area contributed by atoms with Gasteiger partial charge in [0.1, 0.15) is 12.1 Å². The first-order valence-corrected chi connectivity index (χ1v) is 10.6. The molecular formula is C21H35N3O6. The Hall–Kier alpha value is -2.42. The number of aliphatic hydroxyl groups excluding tert-OH is 1. The summed E-state index contributed by atoms with van der Waals surface area (Å²) >= 11 is 0. The Morgan fingerprint density at radius 1 is 1.10 bits per heavy atom. The number of aliphatic hydroxyl groups is 1. The second-order valence-corrected chi connectivity index (χ2v) is 7.80. The smallest absolute Gasteiger partial charge is 0.309 e. The summed E-state index contributed by atoms with van der Waals surface area (Å²) in [6.07, 6.45) is 3.01. The molecule has 0 radical (unpaired) electrons. The maximum absolute atomic E-state index is 12.6. The van der Waals surface area contributed by atoms with Crippen molar-refractivity contribution in [1.82, 2.24) is 16.0 Å². The van der Waals surface area contributed by atoms with Gasteiger partial charge in [0, 0.05) is 0 Å². The van der Waals surface area contributed by atoms with Crippen molar-refractivity contribution in [3.8, 4) is 0 Å². The minimum absolute atomic E-state index is 0.142. The van der Waals surface area contributed by atoms with Crippen LogP contribution in [0.4, 0.5) is 0 Å². The van der Waals surface area contributed by atoms with Crippen LogP contribution in [0, 0.1) is 5.92 Å². The van der Waals surface area contributed by atoms with E-state index in [4.69, 9.17) is 4.74 Å². The van der Waals surface area contributed by atoms with Gasteiger partial charge in [0.05, 0.1) is 31.5 Å². The van der Waals surface area contributed by atoms with E-state index in [1.54, 1.807) is 13.0 Å². The molecule has 0 aromatic rings. The van der Waals surface area contributed by atoms with Crippen LogP contribution >= 0.6 is 0 Å². The largest absolute Gasteiger partial charge is 0.457 e. The summed E-state index contributed by atoms with van der Waals surface area (Å²) in [5, 5.41) is 18.3. The number of allylic oxidation sites excluding steroid dienone is 1. The Balaban J connectivity index is 3.08. The van der Waals surface area contributed by atoms with E-state index in [-0.39, 0.29) is 25.3 Å². The molecule has 0 spiro atoms. The van der Waals surface area contributed by atoms with Gasteiger partial charge in [-0.1, -0.05) is 40.2 Å². The van der Waals surface area contributed by atoms with E-state index < -0.39 is 48.0 Å². The number of amides is 3. The fourth-order valence-electron chi connectivity index (χ4n) is 3.08. The summed E-state index contributed by atoms with van der Waals surface area (Å²) in [6.45, 7) is 7.07. The summed E-state index contributed by atoms with van der Waals surface area (Å²) in [6, 6.07) is -1.51. The van der Waals surface area contributed by atoms with Crippen molar-refractivity contribution < 1.29 is 29.0 Å². The Morgan fingerprint density at radius 2 is 1.80 bits per heavy atom. The predicted molar refractivity (Wildman–Crippen MR) is 111 cm³/mol. The highest BCUT2D eigenvalue weighted by Crippen LogP contribution is 2.13. The van der Waals surface area contributed by atoms with Gasteiger partial charge in [0.15, 0.2) is 0 Å².